The van der Waals surface area contributed by atoms with Gasteiger partial charge in [-0.2, -0.15) is 0 Å². The van der Waals surface area contributed by atoms with Gasteiger partial charge in [-0.3, -0.25) is 4.79 Å². The number of aryl methyl sites for hydroxylation is 1. The number of hydrogen-bond donors (Lipinski definition) is 2. The van der Waals surface area contributed by atoms with Gasteiger partial charge in [0.1, 0.15) is 5.75 Å². The predicted molar refractivity (Wildman–Crippen MR) is 125 cm³/mol. The van der Waals surface area contributed by atoms with Gasteiger partial charge in [0.05, 0.1) is 39.0 Å². The third-order valence-corrected chi connectivity index (χ3v) is 5.95. The molecule has 0 radical (unpaired) electrons. The van der Waals surface area contributed by atoms with Crippen LogP contribution in [0.1, 0.15) is 17.2 Å². The topological polar surface area (TPSA) is 46.0 Å². The van der Waals surface area contributed by atoms with Gasteiger partial charge in [0.2, 0.25) is 0 Å². The second-order valence-electron chi connectivity index (χ2n) is 8.02. The number of methoxy groups -OCH3 is 1. The van der Waals surface area contributed by atoms with Gasteiger partial charge in [-0.1, -0.05) is 60.2 Å². The predicted octanol–water partition coefficient (Wildman–Crippen LogP) is 3.09. The number of anilines is 2. The summed E-state index contributed by atoms with van der Waals surface area (Å²) in [7, 11) is 1.71. The Morgan fingerprint density at radius 2 is 1.58 bits per heavy atom. The first-order chi connectivity index (χ1) is 15.2. The Morgan fingerprint density at radius 3 is 2.26 bits per heavy atom. The zero-order valence-corrected chi connectivity index (χ0v) is 18.2. The second kappa shape index (κ2) is 9.67. The van der Waals surface area contributed by atoms with Gasteiger partial charge in [0.25, 0.3) is 5.91 Å². The van der Waals surface area contributed by atoms with Gasteiger partial charge in [0, 0.05) is 11.3 Å². The summed E-state index contributed by atoms with van der Waals surface area (Å²) in [5, 5.41) is 3.13. The fourth-order valence-corrected chi connectivity index (χ4v) is 4.28. The van der Waals surface area contributed by atoms with Crippen LogP contribution in [-0.2, 0) is 4.79 Å². The molecule has 3 aromatic rings. The molecular formula is C26H30N3O2+. The van der Waals surface area contributed by atoms with E-state index < -0.39 is 0 Å². The van der Waals surface area contributed by atoms with Crippen molar-refractivity contribution in [3.05, 3.63) is 90.0 Å². The molecule has 5 heteroatoms. The van der Waals surface area contributed by atoms with Crippen LogP contribution in [0.4, 0.5) is 11.4 Å². The number of piperazine rings is 1. The molecule has 5 nitrogen and oxygen atoms in total. The van der Waals surface area contributed by atoms with E-state index in [9.17, 15) is 4.79 Å². The molecule has 1 aliphatic heterocycles. The molecule has 31 heavy (non-hydrogen) atoms. The van der Waals surface area contributed by atoms with Crippen LogP contribution in [0, 0.1) is 6.92 Å². The summed E-state index contributed by atoms with van der Waals surface area (Å²) >= 11 is 0. The molecule has 1 saturated heterocycles. The van der Waals surface area contributed by atoms with E-state index >= 15 is 0 Å². The highest BCUT2D eigenvalue weighted by atomic mass is 16.5. The standard InChI is InChI=1S/C26H29N3O2/c1-20-12-14-22(15-13-20)27-26(30)25(21-8-4-3-5-9-21)29-18-16-28(17-19-29)23-10-6-7-11-24(23)31-2/h3-15,25H,16-19H2,1-2H3,(H,27,30)/p+1/t25-/m0/s1. The van der Waals surface area contributed by atoms with E-state index in [2.05, 4.69) is 28.4 Å². The van der Waals surface area contributed by atoms with E-state index in [0.29, 0.717) is 0 Å². The Morgan fingerprint density at radius 1 is 0.935 bits per heavy atom. The van der Waals surface area contributed by atoms with Gasteiger partial charge in [-0.25, -0.2) is 0 Å². The minimum atomic E-state index is -0.248. The quantitative estimate of drug-likeness (QED) is 0.649. The number of benzene rings is 3. The zero-order valence-electron chi connectivity index (χ0n) is 18.2. The van der Waals surface area contributed by atoms with Crippen molar-refractivity contribution in [2.24, 2.45) is 0 Å². The van der Waals surface area contributed by atoms with Crippen molar-refractivity contribution in [2.75, 3.05) is 43.5 Å². The maximum absolute atomic E-state index is 13.4. The van der Waals surface area contributed by atoms with Crippen LogP contribution < -0.4 is 19.9 Å². The first-order valence-corrected chi connectivity index (χ1v) is 10.8. The number of para-hydroxylation sites is 2. The van der Waals surface area contributed by atoms with Crippen molar-refractivity contribution in [1.82, 2.24) is 0 Å². The lowest BCUT2D eigenvalue weighted by Crippen LogP contribution is -3.16. The number of nitrogens with one attached hydrogen (secondary N) is 2. The van der Waals surface area contributed by atoms with Crippen molar-refractivity contribution < 1.29 is 14.4 Å². The lowest BCUT2D eigenvalue weighted by atomic mass is 10.0. The Labute approximate surface area is 184 Å². The van der Waals surface area contributed by atoms with Gasteiger partial charge >= 0.3 is 0 Å². The summed E-state index contributed by atoms with van der Waals surface area (Å²) in [6.07, 6.45) is 0. The lowest BCUT2D eigenvalue weighted by molar-refractivity contribution is -0.922. The molecule has 0 unspecified atom stereocenters. The summed E-state index contributed by atoms with van der Waals surface area (Å²) in [5.41, 5.74) is 4.18. The SMILES string of the molecule is COc1ccccc1N1CC[NH+]([C@H](C(=O)Nc2ccc(C)cc2)c2ccccc2)CC1. The summed E-state index contributed by atoms with van der Waals surface area (Å²) in [5.74, 6) is 0.929. The molecule has 1 aliphatic rings. The Hall–Kier alpha value is -3.31. The van der Waals surface area contributed by atoms with Crippen molar-refractivity contribution in [1.29, 1.82) is 0 Å². The first kappa shape index (κ1) is 20.9. The third-order valence-electron chi connectivity index (χ3n) is 5.95. The number of ether oxygens (including phenoxy) is 1. The van der Waals surface area contributed by atoms with E-state index in [1.165, 1.54) is 10.5 Å². The van der Waals surface area contributed by atoms with Crippen LogP contribution in [0.3, 0.4) is 0 Å². The number of rotatable bonds is 6. The monoisotopic (exact) mass is 416 g/mol. The second-order valence-corrected chi connectivity index (χ2v) is 8.02. The smallest absolute Gasteiger partial charge is 0.287 e. The molecule has 0 spiro atoms. The van der Waals surface area contributed by atoms with E-state index in [-0.39, 0.29) is 11.9 Å². The summed E-state index contributed by atoms with van der Waals surface area (Å²) in [6.45, 7) is 5.54. The molecule has 1 atom stereocenters. The maximum atomic E-state index is 13.4. The average molecular weight is 417 g/mol. The number of nitrogens with zero attached hydrogens (tertiary/aromatic N) is 1. The maximum Gasteiger partial charge on any atom is 0.287 e. The molecule has 0 aromatic heterocycles. The fraction of sp³-hybridized carbons (Fsp3) is 0.269. The summed E-state index contributed by atoms with van der Waals surface area (Å²) in [6, 6.07) is 26.0. The van der Waals surface area contributed by atoms with Crippen molar-refractivity contribution in [3.63, 3.8) is 0 Å². The van der Waals surface area contributed by atoms with Gasteiger partial charge in [-0.15, -0.1) is 0 Å². The molecule has 4 rings (SSSR count). The Balaban J connectivity index is 1.51. The van der Waals surface area contributed by atoms with Crippen LogP contribution in [0.2, 0.25) is 0 Å². The van der Waals surface area contributed by atoms with E-state index in [1.807, 2.05) is 67.6 Å². The summed E-state index contributed by atoms with van der Waals surface area (Å²) < 4.78 is 5.54. The van der Waals surface area contributed by atoms with Crippen LogP contribution in [0.25, 0.3) is 0 Å². The lowest BCUT2D eigenvalue weighted by Gasteiger charge is -2.37. The first-order valence-electron chi connectivity index (χ1n) is 10.8. The Bertz CT molecular complexity index is 997. The van der Waals surface area contributed by atoms with Crippen LogP contribution in [0.5, 0.6) is 5.75 Å². The minimum Gasteiger partial charge on any atom is -0.495 e. The molecular weight excluding hydrogens is 386 g/mol. The molecule has 0 aliphatic carbocycles. The van der Waals surface area contributed by atoms with Gasteiger partial charge < -0.3 is 19.9 Å². The van der Waals surface area contributed by atoms with E-state index in [1.54, 1.807) is 7.11 Å². The normalized spacial score (nSPS) is 15.4. The Kier molecular flexibility index (Phi) is 6.53. The van der Waals surface area contributed by atoms with Gasteiger partial charge in [0.15, 0.2) is 6.04 Å². The van der Waals surface area contributed by atoms with Crippen LogP contribution in [-0.4, -0.2) is 39.2 Å². The number of hydrogen-bond acceptors (Lipinski definition) is 3. The van der Waals surface area contributed by atoms with Crippen molar-refractivity contribution in [3.8, 4) is 5.75 Å². The van der Waals surface area contributed by atoms with Crippen molar-refractivity contribution >= 4 is 17.3 Å². The molecule has 2 N–H and O–H groups in total. The number of quaternary nitrogens is 1. The highest BCUT2D eigenvalue weighted by Gasteiger charge is 2.34. The molecule has 3 aromatic carbocycles. The fourth-order valence-electron chi connectivity index (χ4n) is 4.28. The highest BCUT2D eigenvalue weighted by Crippen LogP contribution is 2.27. The molecule has 1 amide bonds. The third kappa shape index (κ3) is 4.89. The molecule has 0 bridgehead atoms. The number of carbonyl (C=O) groups excluding carboxylic acids is 1. The molecule has 160 valence electrons. The molecule has 1 fully saturated rings. The minimum absolute atomic E-state index is 0.0378. The van der Waals surface area contributed by atoms with E-state index in [0.717, 1.165) is 48.9 Å². The number of amides is 1. The van der Waals surface area contributed by atoms with Crippen LogP contribution in [0.15, 0.2) is 78.9 Å². The zero-order chi connectivity index (χ0) is 21.6. The molecule has 0 saturated carbocycles. The van der Waals surface area contributed by atoms with Crippen molar-refractivity contribution in [2.45, 2.75) is 13.0 Å². The number of carbonyl (C=O) groups is 1. The van der Waals surface area contributed by atoms with Crippen LogP contribution >= 0.6 is 0 Å². The largest absolute Gasteiger partial charge is 0.495 e. The van der Waals surface area contributed by atoms with E-state index in [4.69, 9.17) is 4.74 Å². The summed E-state index contributed by atoms with van der Waals surface area (Å²) in [4.78, 5) is 17.0. The highest BCUT2D eigenvalue weighted by molar-refractivity contribution is 5.94. The molecule has 1 heterocycles. The average Bonchev–Trinajstić information content (AvgIpc) is 2.82. The van der Waals surface area contributed by atoms with Gasteiger partial charge in [-0.05, 0) is 31.2 Å².